The van der Waals surface area contributed by atoms with Crippen LogP contribution >= 0.6 is 0 Å². The molecule has 0 saturated carbocycles. The molecule has 0 aliphatic heterocycles. The van der Waals surface area contributed by atoms with Crippen molar-refractivity contribution in [2.24, 2.45) is 5.41 Å². The first-order valence-electron chi connectivity index (χ1n) is 4.53. The number of alkyl carbamates (subject to hydrolysis) is 1. The van der Waals surface area contributed by atoms with Crippen molar-refractivity contribution >= 4 is 6.09 Å². The molecule has 0 atom stereocenters. The van der Waals surface area contributed by atoms with Crippen LogP contribution in [0.2, 0.25) is 0 Å². The molecular weight excluding hydrogens is 170 g/mol. The third-order valence-electron chi connectivity index (χ3n) is 1.54. The van der Waals surface area contributed by atoms with Gasteiger partial charge >= 0.3 is 6.09 Å². The predicted octanol–water partition coefficient (Wildman–Crippen LogP) is 1.14. The Morgan fingerprint density at radius 2 is 2.15 bits per heavy atom. The van der Waals surface area contributed by atoms with Crippen LogP contribution in [0.1, 0.15) is 27.2 Å². The highest BCUT2D eigenvalue weighted by atomic mass is 16.5. The molecule has 0 bridgehead atoms. The van der Waals surface area contributed by atoms with Gasteiger partial charge in [0.25, 0.3) is 0 Å². The maximum absolute atomic E-state index is 10.9. The molecule has 13 heavy (non-hydrogen) atoms. The number of ether oxygens (including phenoxy) is 1. The number of nitrogens with one attached hydrogen (secondary N) is 1. The molecule has 0 fully saturated rings. The molecule has 2 N–H and O–H groups in total. The lowest BCUT2D eigenvalue weighted by Crippen LogP contribution is -2.31. The Kier molecular flexibility index (Phi) is 5.46. The SMILES string of the molecule is CCCNC(=O)OCC(C)(C)CO. The van der Waals surface area contributed by atoms with Gasteiger partial charge < -0.3 is 15.2 Å². The molecule has 0 aromatic carbocycles. The largest absolute Gasteiger partial charge is 0.449 e. The zero-order chi connectivity index (χ0) is 10.3. The number of hydrogen-bond donors (Lipinski definition) is 2. The van der Waals surface area contributed by atoms with Gasteiger partial charge in [-0.1, -0.05) is 20.8 Å². The van der Waals surface area contributed by atoms with Gasteiger partial charge in [-0.2, -0.15) is 0 Å². The van der Waals surface area contributed by atoms with E-state index in [2.05, 4.69) is 5.32 Å². The van der Waals surface area contributed by atoms with E-state index in [9.17, 15) is 4.79 Å². The summed E-state index contributed by atoms with van der Waals surface area (Å²) in [6.45, 7) is 6.50. The highest BCUT2D eigenvalue weighted by Gasteiger charge is 2.18. The molecule has 0 aromatic heterocycles. The fourth-order valence-electron chi connectivity index (χ4n) is 0.585. The molecule has 0 unspecified atom stereocenters. The lowest BCUT2D eigenvalue weighted by atomic mass is 9.97. The van der Waals surface area contributed by atoms with Crippen LogP contribution in [0.25, 0.3) is 0 Å². The predicted molar refractivity (Wildman–Crippen MR) is 50.5 cm³/mol. The quantitative estimate of drug-likeness (QED) is 0.682. The summed E-state index contributed by atoms with van der Waals surface area (Å²) in [6, 6.07) is 0. The lowest BCUT2D eigenvalue weighted by molar-refractivity contribution is 0.0611. The molecule has 0 radical (unpaired) electrons. The Bertz CT molecular complexity index is 157. The van der Waals surface area contributed by atoms with Crippen molar-refractivity contribution in [1.29, 1.82) is 0 Å². The summed E-state index contributed by atoms with van der Waals surface area (Å²) in [7, 11) is 0. The summed E-state index contributed by atoms with van der Waals surface area (Å²) in [5.74, 6) is 0. The van der Waals surface area contributed by atoms with Crippen molar-refractivity contribution in [3.8, 4) is 0 Å². The fourth-order valence-corrected chi connectivity index (χ4v) is 0.585. The molecule has 0 aliphatic rings. The molecule has 0 aliphatic carbocycles. The van der Waals surface area contributed by atoms with E-state index in [0.29, 0.717) is 6.54 Å². The van der Waals surface area contributed by atoms with E-state index in [-0.39, 0.29) is 18.6 Å². The molecule has 4 nitrogen and oxygen atoms in total. The Labute approximate surface area is 79.3 Å². The van der Waals surface area contributed by atoms with Gasteiger partial charge in [0.05, 0.1) is 6.61 Å². The van der Waals surface area contributed by atoms with E-state index in [1.807, 2.05) is 20.8 Å². The standard InChI is InChI=1S/C9H19NO3/c1-4-5-10-8(12)13-7-9(2,3)6-11/h11H,4-7H2,1-3H3,(H,10,12). The van der Waals surface area contributed by atoms with Crippen molar-refractivity contribution in [3.63, 3.8) is 0 Å². The highest BCUT2D eigenvalue weighted by molar-refractivity contribution is 5.67. The van der Waals surface area contributed by atoms with Crippen molar-refractivity contribution in [1.82, 2.24) is 5.32 Å². The number of carbonyl (C=O) groups is 1. The second-order valence-corrected chi connectivity index (χ2v) is 3.83. The van der Waals surface area contributed by atoms with Gasteiger partial charge in [-0.25, -0.2) is 4.79 Å². The van der Waals surface area contributed by atoms with Crippen LogP contribution in [0.5, 0.6) is 0 Å². The third-order valence-corrected chi connectivity index (χ3v) is 1.54. The summed E-state index contributed by atoms with van der Waals surface area (Å²) in [5, 5.41) is 11.5. The van der Waals surface area contributed by atoms with Crippen molar-refractivity contribution < 1.29 is 14.6 Å². The number of aliphatic hydroxyl groups excluding tert-OH is 1. The number of carbonyl (C=O) groups excluding carboxylic acids is 1. The number of rotatable bonds is 5. The van der Waals surface area contributed by atoms with Gasteiger partial charge in [-0.05, 0) is 6.42 Å². The molecule has 0 spiro atoms. The van der Waals surface area contributed by atoms with Crippen LogP contribution in [0.3, 0.4) is 0 Å². The first kappa shape index (κ1) is 12.2. The van der Waals surface area contributed by atoms with Gasteiger partial charge in [-0.3, -0.25) is 0 Å². The monoisotopic (exact) mass is 189 g/mol. The minimum absolute atomic E-state index is 0.00799. The minimum Gasteiger partial charge on any atom is -0.449 e. The van der Waals surface area contributed by atoms with E-state index in [1.165, 1.54) is 0 Å². The molecule has 1 amide bonds. The van der Waals surface area contributed by atoms with Crippen LogP contribution in [-0.4, -0.2) is 31.0 Å². The second-order valence-electron chi connectivity index (χ2n) is 3.83. The second kappa shape index (κ2) is 5.80. The molecule has 4 heteroatoms. The van der Waals surface area contributed by atoms with Crippen LogP contribution in [0.15, 0.2) is 0 Å². The number of aliphatic hydroxyl groups is 1. The van der Waals surface area contributed by atoms with E-state index < -0.39 is 6.09 Å². The van der Waals surface area contributed by atoms with E-state index in [4.69, 9.17) is 9.84 Å². The lowest BCUT2D eigenvalue weighted by Gasteiger charge is -2.20. The van der Waals surface area contributed by atoms with Gasteiger partial charge in [-0.15, -0.1) is 0 Å². The minimum atomic E-state index is -0.414. The van der Waals surface area contributed by atoms with E-state index in [0.717, 1.165) is 6.42 Å². The average molecular weight is 189 g/mol. The Morgan fingerprint density at radius 3 is 2.62 bits per heavy atom. The number of amides is 1. The van der Waals surface area contributed by atoms with Crippen LogP contribution in [0.4, 0.5) is 4.79 Å². The van der Waals surface area contributed by atoms with Gasteiger partial charge in [0.1, 0.15) is 6.61 Å². The molecule has 0 rings (SSSR count). The highest BCUT2D eigenvalue weighted by Crippen LogP contribution is 2.13. The Morgan fingerprint density at radius 1 is 1.54 bits per heavy atom. The van der Waals surface area contributed by atoms with Crippen LogP contribution < -0.4 is 5.32 Å². The summed E-state index contributed by atoms with van der Waals surface area (Å²) in [5.41, 5.74) is -0.358. The fraction of sp³-hybridized carbons (Fsp3) is 0.889. The smallest absolute Gasteiger partial charge is 0.407 e. The first-order valence-corrected chi connectivity index (χ1v) is 4.53. The van der Waals surface area contributed by atoms with Crippen molar-refractivity contribution in [2.45, 2.75) is 27.2 Å². The van der Waals surface area contributed by atoms with Crippen LogP contribution in [-0.2, 0) is 4.74 Å². The molecule has 0 heterocycles. The molecule has 0 saturated heterocycles. The summed E-state index contributed by atoms with van der Waals surface area (Å²) in [4.78, 5) is 10.9. The summed E-state index contributed by atoms with van der Waals surface area (Å²) >= 11 is 0. The third kappa shape index (κ3) is 6.40. The van der Waals surface area contributed by atoms with Gasteiger partial charge in [0.2, 0.25) is 0 Å². The Balaban J connectivity index is 3.57. The van der Waals surface area contributed by atoms with Crippen molar-refractivity contribution in [3.05, 3.63) is 0 Å². The molecular formula is C9H19NO3. The van der Waals surface area contributed by atoms with Crippen molar-refractivity contribution in [2.75, 3.05) is 19.8 Å². The van der Waals surface area contributed by atoms with E-state index in [1.54, 1.807) is 0 Å². The maximum atomic E-state index is 10.9. The topological polar surface area (TPSA) is 58.6 Å². The maximum Gasteiger partial charge on any atom is 0.407 e. The van der Waals surface area contributed by atoms with Crippen LogP contribution in [0, 0.1) is 5.41 Å². The average Bonchev–Trinajstić information content (AvgIpc) is 2.11. The Hall–Kier alpha value is -0.770. The zero-order valence-electron chi connectivity index (χ0n) is 8.59. The molecule has 78 valence electrons. The first-order chi connectivity index (χ1) is 6.02. The normalized spacial score (nSPS) is 11.1. The summed E-state index contributed by atoms with van der Waals surface area (Å²) < 4.78 is 4.89. The summed E-state index contributed by atoms with van der Waals surface area (Å²) in [6.07, 6.45) is 0.474. The zero-order valence-corrected chi connectivity index (χ0v) is 8.59. The van der Waals surface area contributed by atoms with E-state index >= 15 is 0 Å². The van der Waals surface area contributed by atoms with Gasteiger partial charge in [0, 0.05) is 12.0 Å². The molecule has 0 aromatic rings. The van der Waals surface area contributed by atoms with Gasteiger partial charge in [0.15, 0.2) is 0 Å². The number of hydrogen-bond acceptors (Lipinski definition) is 3.